The van der Waals surface area contributed by atoms with Gasteiger partial charge in [-0.2, -0.15) is 0 Å². The molecule has 5 nitrogen and oxygen atoms in total. The molecule has 0 bridgehead atoms. The summed E-state index contributed by atoms with van der Waals surface area (Å²) < 4.78 is 0. The smallest absolute Gasteiger partial charge is 0.255 e. The standard InChI is InChI=1S/C24H22ClN3O2/c1-16(29)28-12-11-18-13-19(7-10-23(18)28)24(30)27-20-8-9-22(21(25)14-20)26-15-17-5-3-2-4-6-17/h2-10,13-14,26H,11-12,15H2,1H3,(H,27,30). The second kappa shape index (κ2) is 8.59. The number of carbonyl (C=O) groups is 2. The van der Waals surface area contributed by atoms with Gasteiger partial charge < -0.3 is 15.5 Å². The monoisotopic (exact) mass is 419 g/mol. The summed E-state index contributed by atoms with van der Waals surface area (Å²) in [5.41, 5.74) is 5.04. The van der Waals surface area contributed by atoms with Crippen molar-refractivity contribution in [2.45, 2.75) is 19.9 Å². The van der Waals surface area contributed by atoms with Crippen molar-refractivity contribution in [3.05, 3.63) is 88.4 Å². The Labute approximate surface area is 180 Å². The van der Waals surface area contributed by atoms with Crippen LogP contribution in [0.1, 0.15) is 28.4 Å². The minimum atomic E-state index is -0.208. The topological polar surface area (TPSA) is 61.4 Å². The van der Waals surface area contributed by atoms with Gasteiger partial charge in [-0.05, 0) is 53.9 Å². The molecule has 0 spiro atoms. The quantitative estimate of drug-likeness (QED) is 0.603. The predicted octanol–water partition coefficient (Wildman–Crippen LogP) is 5.11. The minimum Gasteiger partial charge on any atom is -0.380 e. The fourth-order valence-corrected chi connectivity index (χ4v) is 3.85. The summed E-state index contributed by atoms with van der Waals surface area (Å²) in [5.74, 6) is -0.193. The zero-order valence-electron chi connectivity index (χ0n) is 16.6. The molecule has 0 fully saturated rings. The Hall–Kier alpha value is -3.31. The van der Waals surface area contributed by atoms with Crippen LogP contribution in [0.3, 0.4) is 0 Å². The van der Waals surface area contributed by atoms with Crippen molar-refractivity contribution >= 4 is 40.5 Å². The summed E-state index contributed by atoms with van der Waals surface area (Å²) >= 11 is 6.40. The second-order valence-corrected chi connectivity index (χ2v) is 7.66. The van der Waals surface area contributed by atoms with Crippen molar-refractivity contribution in [1.82, 2.24) is 0 Å². The molecule has 2 N–H and O–H groups in total. The molecule has 30 heavy (non-hydrogen) atoms. The highest BCUT2D eigenvalue weighted by Gasteiger charge is 2.23. The van der Waals surface area contributed by atoms with Crippen LogP contribution in [0.25, 0.3) is 0 Å². The molecule has 6 heteroatoms. The first kappa shape index (κ1) is 20.0. The lowest BCUT2D eigenvalue weighted by molar-refractivity contribution is -0.116. The van der Waals surface area contributed by atoms with E-state index in [4.69, 9.17) is 11.6 Å². The molecule has 2 amide bonds. The van der Waals surface area contributed by atoms with Crippen LogP contribution >= 0.6 is 11.6 Å². The van der Waals surface area contributed by atoms with Crippen LogP contribution in [0.4, 0.5) is 17.1 Å². The van der Waals surface area contributed by atoms with Crippen molar-refractivity contribution in [2.24, 2.45) is 0 Å². The fourth-order valence-electron chi connectivity index (χ4n) is 3.60. The Morgan fingerprint density at radius 2 is 1.83 bits per heavy atom. The molecule has 0 radical (unpaired) electrons. The Bertz CT molecular complexity index is 1100. The van der Waals surface area contributed by atoms with Crippen LogP contribution in [-0.4, -0.2) is 18.4 Å². The molecule has 3 aromatic carbocycles. The number of rotatable bonds is 5. The summed E-state index contributed by atoms with van der Waals surface area (Å²) in [4.78, 5) is 26.1. The van der Waals surface area contributed by atoms with E-state index in [2.05, 4.69) is 10.6 Å². The molecular weight excluding hydrogens is 398 g/mol. The van der Waals surface area contributed by atoms with Crippen molar-refractivity contribution < 1.29 is 9.59 Å². The van der Waals surface area contributed by atoms with E-state index in [1.165, 1.54) is 0 Å². The van der Waals surface area contributed by atoms with Crippen LogP contribution in [0, 0.1) is 0 Å². The van der Waals surface area contributed by atoms with E-state index >= 15 is 0 Å². The molecule has 0 unspecified atom stereocenters. The maximum Gasteiger partial charge on any atom is 0.255 e. The molecule has 3 aromatic rings. The number of anilines is 3. The van der Waals surface area contributed by atoms with E-state index in [9.17, 15) is 9.59 Å². The van der Waals surface area contributed by atoms with Crippen molar-refractivity contribution in [3.63, 3.8) is 0 Å². The number of hydrogen-bond acceptors (Lipinski definition) is 3. The van der Waals surface area contributed by atoms with Crippen molar-refractivity contribution in [1.29, 1.82) is 0 Å². The second-order valence-electron chi connectivity index (χ2n) is 7.25. The molecule has 1 aliphatic rings. The number of carbonyl (C=O) groups excluding carboxylic acids is 2. The molecule has 1 aliphatic heterocycles. The number of benzene rings is 3. The number of nitrogens with one attached hydrogen (secondary N) is 2. The average molecular weight is 420 g/mol. The summed E-state index contributed by atoms with van der Waals surface area (Å²) in [6.07, 6.45) is 0.754. The Kier molecular flexibility index (Phi) is 5.72. The predicted molar refractivity (Wildman–Crippen MR) is 121 cm³/mol. The number of halogens is 1. The summed E-state index contributed by atoms with van der Waals surface area (Å²) in [6.45, 7) is 2.87. The summed E-state index contributed by atoms with van der Waals surface area (Å²) in [7, 11) is 0. The fraction of sp³-hybridized carbons (Fsp3) is 0.167. The first-order valence-corrected chi connectivity index (χ1v) is 10.2. The first-order chi connectivity index (χ1) is 14.5. The number of fused-ring (bicyclic) bond motifs is 1. The maximum atomic E-state index is 12.7. The van der Waals surface area contributed by atoms with Crippen LogP contribution in [0.5, 0.6) is 0 Å². The van der Waals surface area contributed by atoms with Gasteiger partial charge in [0.15, 0.2) is 0 Å². The zero-order valence-corrected chi connectivity index (χ0v) is 17.4. The Morgan fingerprint density at radius 3 is 2.57 bits per heavy atom. The van der Waals surface area contributed by atoms with Crippen LogP contribution in [0.15, 0.2) is 66.7 Å². The highest BCUT2D eigenvalue weighted by Crippen LogP contribution is 2.30. The van der Waals surface area contributed by atoms with Crippen LogP contribution in [0.2, 0.25) is 5.02 Å². The number of nitrogens with zero attached hydrogens (tertiary/aromatic N) is 1. The van der Waals surface area contributed by atoms with Crippen LogP contribution < -0.4 is 15.5 Å². The third kappa shape index (κ3) is 4.31. The van der Waals surface area contributed by atoms with E-state index in [0.29, 0.717) is 29.4 Å². The van der Waals surface area contributed by atoms with Gasteiger partial charge in [0.1, 0.15) is 0 Å². The van der Waals surface area contributed by atoms with Gasteiger partial charge in [0.2, 0.25) is 5.91 Å². The normalized spacial score (nSPS) is 12.4. The lowest BCUT2D eigenvalue weighted by Gasteiger charge is -2.15. The highest BCUT2D eigenvalue weighted by molar-refractivity contribution is 6.33. The molecule has 0 saturated carbocycles. The van der Waals surface area contributed by atoms with E-state index in [1.807, 2.05) is 54.6 Å². The van der Waals surface area contributed by atoms with E-state index in [0.717, 1.165) is 28.9 Å². The van der Waals surface area contributed by atoms with E-state index < -0.39 is 0 Å². The molecule has 152 valence electrons. The van der Waals surface area contributed by atoms with Gasteiger partial charge in [0.05, 0.1) is 10.7 Å². The third-order valence-corrected chi connectivity index (χ3v) is 5.48. The Balaban J connectivity index is 1.42. The largest absolute Gasteiger partial charge is 0.380 e. The molecule has 0 saturated heterocycles. The van der Waals surface area contributed by atoms with Crippen molar-refractivity contribution in [2.75, 3.05) is 22.1 Å². The molecule has 4 rings (SSSR count). The lowest BCUT2D eigenvalue weighted by Crippen LogP contribution is -2.25. The zero-order chi connectivity index (χ0) is 21.1. The molecule has 0 aliphatic carbocycles. The van der Waals surface area contributed by atoms with Gasteiger partial charge in [0, 0.05) is 37.0 Å². The number of amides is 2. The van der Waals surface area contributed by atoms with E-state index in [-0.39, 0.29) is 11.8 Å². The number of hydrogen-bond donors (Lipinski definition) is 2. The van der Waals surface area contributed by atoms with Crippen molar-refractivity contribution in [3.8, 4) is 0 Å². The van der Waals surface area contributed by atoms with Gasteiger partial charge in [-0.3, -0.25) is 9.59 Å². The van der Waals surface area contributed by atoms with Gasteiger partial charge in [0.25, 0.3) is 5.91 Å². The molecular formula is C24H22ClN3O2. The Morgan fingerprint density at radius 1 is 1.03 bits per heavy atom. The molecule has 0 atom stereocenters. The first-order valence-electron chi connectivity index (χ1n) is 9.81. The molecule has 0 aromatic heterocycles. The van der Waals surface area contributed by atoms with Gasteiger partial charge in [-0.1, -0.05) is 41.9 Å². The lowest BCUT2D eigenvalue weighted by atomic mass is 10.1. The minimum absolute atomic E-state index is 0.0153. The van der Waals surface area contributed by atoms with Gasteiger partial charge in [-0.15, -0.1) is 0 Å². The third-order valence-electron chi connectivity index (χ3n) is 5.17. The van der Waals surface area contributed by atoms with E-state index in [1.54, 1.807) is 24.0 Å². The SMILES string of the molecule is CC(=O)N1CCc2cc(C(=O)Nc3ccc(NCc4ccccc4)c(Cl)c3)ccc21. The van der Waals surface area contributed by atoms with Gasteiger partial charge >= 0.3 is 0 Å². The highest BCUT2D eigenvalue weighted by atomic mass is 35.5. The maximum absolute atomic E-state index is 12.7. The van der Waals surface area contributed by atoms with Crippen LogP contribution in [-0.2, 0) is 17.8 Å². The summed E-state index contributed by atoms with van der Waals surface area (Å²) in [6, 6.07) is 20.9. The summed E-state index contributed by atoms with van der Waals surface area (Å²) in [5, 5.41) is 6.74. The molecule has 1 heterocycles. The average Bonchev–Trinajstić information content (AvgIpc) is 3.17. The van der Waals surface area contributed by atoms with Gasteiger partial charge in [-0.25, -0.2) is 0 Å².